The van der Waals surface area contributed by atoms with E-state index in [1.54, 1.807) is 18.2 Å². The summed E-state index contributed by atoms with van der Waals surface area (Å²) >= 11 is 3.70. The average Bonchev–Trinajstić information content (AvgIpc) is 3.02. The molecule has 0 spiro atoms. The number of dihydropyridines is 1. The summed E-state index contributed by atoms with van der Waals surface area (Å²) < 4.78 is 40.8. The third-order valence-corrected chi connectivity index (χ3v) is 9.56. The highest BCUT2D eigenvalue weighted by Gasteiger charge is 2.38. The van der Waals surface area contributed by atoms with Crippen LogP contribution in [0, 0.1) is 19.8 Å². The van der Waals surface area contributed by atoms with Gasteiger partial charge >= 0.3 is 6.18 Å². The molecule has 3 aliphatic rings. The molecule has 1 amide bonds. The summed E-state index contributed by atoms with van der Waals surface area (Å²) in [5, 5.41) is 6.11. The van der Waals surface area contributed by atoms with E-state index >= 15 is 0 Å². The minimum Gasteiger partial charge on any atom is -0.321 e. The number of rotatable bonds is 9. The number of anilines is 1. The van der Waals surface area contributed by atoms with Crippen LogP contribution in [0.3, 0.4) is 0 Å². The van der Waals surface area contributed by atoms with Crippen molar-refractivity contribution < 1.29 is 22.8 Å². The van der Waals surface area contributed by atoms with E-state index in [9.17, 15) is 22.8 Å². The molecule has 1 aliphatic carbocycles. The van der Waals surface area contributed by atoms with Crippen molar-refractivity contribution in [2.24, 2.45) is 15.9 Å². The lowest BCUT2D eigenvalue weighted by molar-refractivity contribution is -0.112. The fraction of sp³-hybridized carbons (Fsp3) is 0.421. The summed E-state index contributed by atoms with van der Waals surface area (Å²) in [5.41, 5.74) is 6.57. The Morgan fingerprint density at radius 1 is 1.17 bits per heavy atom. The molecule has 0 bridgehead atoms. The van der Waals surface area contributed by atoms with Gasteiger partial charge in [0.1, 0.15) is 5.71 Å². The Kier molecular flexibility index (Phi) is 12.5. The second kappa shape index (κ2) is 16.2. The van der Waals surface area contributed by atoms with Crippen molar-refractivity contribution in [3.05, 3.63) is 97.6 Å². The lowest BCUT2D eigenvalue weighted by Crippen LogP contribution is -2.41. The van der Waals surface area contributed by atoms with Crippen molar-refractivity contribution in [3.8, 4) is 0 Å². The normalized spacial score (nSPS) is 21.3. The predicted octanol–water partition coefficient (Wildman–Crippen LogP) is 9.38. The molecular weight excluding hydrogens is 681 g/mol. The summed E-state index contributed by atoms with van der Waals surface area (Å²) in [6.07, 6.45) is 9.30. The third-order valence-electron chi connectivity index (χ3n) is 8.87. The minimum atomic E-state index is -4.45. The highest BCUT2D eigenvalue weighted by molar-refractivity contribution is 9.12. The van der Waals surface area contributed by atoms with Crippen molar-refractivity contribution in [1.82, 2.24) is 5.32 Å². The second-order valence-corrected chi connectivity index (χ2v) is 13.8. The smallest absolute Gasteiger partial charge is 0.321 e. The first kappa shape index (κ1) is 37.2. The van der Waals surface area contributed by atoms with Crippen LogP contribution in [-0.2, 0) is 4.79 Å². The van der Waals surface area contributed by atoms with Crippen molar-refractivity contribution in [2.45, 2.75) is 85.9 Å². The molecule has 2 heterocycles. The number of carbonyl (C=O) groups is 2. The van der Waals surface area contributed by atoms with Crippen LogP contribution in [0.1, 0.15) is 81.3 Å². The zero-order chi connectivity index (χ0) is 35.2. The van der Waals surface area contributed by atoms with Gasteiger partial charge < -0.3 is 5.32 Å². The molecule has 0 aromatic heterocycles. The van der Waals surface area contributed by atoms with Crippen LogP contribution in [-0.4, -0.2) is 48.5 Å². The van der Waals surface area contributed by atoms with Crippen LogP contribution in [0.15, 0.2) is 90.9 Å². The Morgan fingerprint density at radius 2 is 1.92 bits per heavy atom. The Hall–Kier alpha value is -3.63. The zero-order valence-corrected chi connectivity index (χ0v) is 30.0. The van der Waals surface area contributed by atoms with E-state index in [0.29, 0.717) is 41.0 Å². The van der Waals surface area contributed by atoms with Gasteiger partial charge in [0.05, 0.1) is 18.9 Å². The molecule has 6 nitrogen and oxygen atoms in total. The topological polar surface area (TPSA) is 82.9 Å². The summed E-state index contributed by atoms with van der Waals surface area (Å²) in [6, 6.07) is 3.31. The van der Waals surface area contributed by atoms with Crippen molar-refractivity contribution in [1.29, 1.82) is 0 Å². The molecule has 2 aliphatic heterocycles. The number of carbonyl (C=O) groups excluding carboxylic acids is 2. The van der Waals surface area contributed by atoms with Gasteiger partial charge in [-0.3, -0.25) is 24.9 Å². The molecule has 1 aromatic carbocycles. The lowest BCUT2D eigenvalue weighted by Gasteiger charge is -2.25. The van der Waals surface area contributed by atoms with Crippen molar-refractivity contribution in [2.75, 3.05) is 18.5 Å². The molecule has 0 fully saturated rings. The summed E-state index contributed by atoms with van der Waals surface area (Å²) in [4.78, 5) is 36.1. The fourth-order valence-electron chi connectivity index (χ4n) is 5.74. The number of halogens is 4. The largest absolute Gasteiger partial charge is 0.429 e. The fourth-order valence-corrected chi connectivity index (χ4v) is 6.34. The van der Waals surface area contributed by atoms with Crippen LogP contribution in [0.4, 0.5) is 18.9 Å². The van der Waals surface area contributed by atoms with E-state index in [4.69, 9.17) is 4.99 Å². The maximum Gasteiger partial charge on any atom is 0.429 e. The molecule has 1 unspecified atom stereocenters. The maximum absolute atomic E-state index is 14.2. The van der Waals surface area contributed by atoms with Gasteiger partial charge in [0.15, 0.2) is 5.78 Å². The number of aryl methyl sites for hydroxylation is 2. The molecule has 256 valence electrons. The SMILES string of the molecule is CC1=C(/C=C2/CN=C(CCC3CC(C(F)(F)F)=NCN3)C=C2C(=O)Nc2c(C)cc(C)cc2C(=O)/C=C(/C)C(C)C)/C(Br)=C\C=CCC1. The number of benzene rings is 1. The van der Waals surface area contributed by atoms with Gasteiger partial charge in [-0.25, -0.2) is 0 Å². The number of allylic oxidation sites excluding steroid dienone is 10. The number of hydrogen-bond donors (Lipinski definition) is 2. The van der Waals surface area contributed by atoms with Crippen LogP contribution in [0.2, 0.25) is 0 Å². The molecule has 0 radical (unpaired) electrons. The number of nitrogens with one attached hydrogen (secondary N) is 2. The van der Waals surface area contributed by atoms with Gasteiger partial charge in [0.2, 0.25) is 0 Å². The number of hydrogen-bond acceptors (Lipinski definition) is 5. The third kappa shape index (κ3) is 9.72. The summed E-state index contributed by atoms with van der Waals surface area (Å²) in [5.74, 6) is -0.370. The number of aliphatic imine (C=N–C) groups is 2. The first-order valence-electron chi connectivity index (χ1n) is 16.3. The van der Waals surface area contributed by atoms with Crippen LogP contribution in [0.5, 0.6) is 0 Å². The van der Waals surface area contributed by atoms with E-state index in [1.165, 1.54) is 0 Å². The van der Waals surface area contributed by atoms with Crippen molar-refractivity contribution >= 4 is 44.7 Å². The molecule has 1 aromatic rings. The number of nitrogens with zero attached hydrogens (tertiary/aromatic N) is 2. The minimum absolute atomic E-state index is 0.0861. The first-order chi connectivity index (χ1) is 22.6. The standard InChI is InChI=1S/C38H44BrF3N4O2/c1-22(2)25(5)16-34(47)32-15-23(3)14-26(6)36(32)46-37(48)31-18-28(12-13-29-19-35(38(40,41)42)45-21-44-29)43-20-27(31)17-30-24(4)10-8-7-9-11-33(30)39/h7,9,11,14-18,22,29,44H,8,10,12-13,19-21H2,1-6H3,(H,46,48)/b9-7?,25-16-,27-17-,30-24?,33-11+. The van der Waals surface area contributed by atoms with Gasteiger partial charge in [-0.15, -0.1) is 0 Å². The number of amides is 1. The molecule has 2 N–H and O–H groups in total. The van der Waals surface area contributed by atoms with E-state index in [-0.39, 0.29) is 37.2 Å². The molecule has 48 heavy (non-hydrogen) atoms. The number of alkyl halides is 3. The van der Waals surface area contributed by atoms with Crippen LogP contribution >= 0.6 is 15.9 Å². The molecule has 4 rings (SSSR count). The Morgan fingerprint density at radius 3 is 2.62 bits per heavy atom. The molecule has 0 saturated carbocycles. The predicted molar refractivity (Wildman–Crippen MR) is 193 cm³/mol. The van der Waals surface area contributed by atoms with E-state index in [0.717, 1.165) is 45.2 Å². The monoisotopic (exact) mass is 724 g/mol. The van der Waals surface area contributed by atoms with Crippen LogP contribution in [0.25, 0.3) is 0 Å². The van der Waals surface area contributed by atoms with E-state index < -0.39 is 17.9 Å². The highest BCUT2D eigenvalue weighted by Crippen LogP contribution is 2.32. The van der Waals surface area contributed by atoms with E-state index in [2.05, 4.69) is 44.6 Å². The van der Waals surface area contributed by atoms with Crippen LogP contribution < -0.4 is 10.6 Å². The molecule has 1 atom stereocenters. The Bertz CT molecular complexity index is 1700. The molecular formula is C38H44BrF3N4O2. The van der Waals surface area contributed by atoms with Gasteiger partial charge in [0, 0.05) is 33.8 Å². The lowest BCUT2D eigenvalue weighted by atomic mass is 9.92. The van der Waals surface area contributed by atoms with Gasteiger partial charge in [0.25, 0.3) is 5.91 Å². The Balaban J connectivity index is 1.70. The highest BCUT2D eigenvalue weighted by atomic mass is 79.9. The first-order valence-corrected chi connectivity index (χ1v) is 17.1. The van der Waals surface area contributed by atoms with Gasteiger partial charge in [-0.2, -0.15) is 13.2 Å². The molecule has 10 heteroatoms. The Labute approximate surface area is 290 Å². The average molecular weight is 726 g/mol. The van der Waals surface area contributed by atoms with Gasteiger partial charge in [-0.1, -0.05) is 59.1 Å². The zero-order valence-electron chi connectivity index (χ0n) is 28.4. The van der Waals surface area contributed by atoms with Gasteiger partial charge in [-0.05, 0) is 112 Å². The second-order valence-electron chi connectivity index (χ2n) is 13.0. The molecule has 0 saturated heterocycles. The van der Waals surface area contributed by atoms with Crippen molar-refractivity contribution in [3.63, 3.8) is 0 Å². The summed E-state index contributed by atoms with van der Waals surface area (Å²) in [7, 11) is 0. The summed E-state index contributed by atoms with van der Waals surface area (Å²) in [6.45, 7) is 12.0. The maximum atomic E-state index is 14.2. The quantitative estimate of drug-likeness (QED) is 0.197. The number of ketones is 1. The van der Waals surface area contributed by atoms with E-state index in [1.807, 2.05) is 58.9 Å².